The maximum atomic E-state index is 13.5. The molecule has 190 valence electrons. The predicted octanol–water partition coefficient (Wildman–Crippen LogP) is 1.56. The molecule has 11 heteroatoms. The van der Waals surface area contributed by atoms with Crippen molar-refractivity contribution in [1.82, 2.24) is 9.62 Å². The summed E-state index contributed by atoms with van der Waals surface area (Å²) in [5, 5.41) is 11.3. The quantitative estimate of drug-likeness (QED) is 0.229. The van der Waals surface area contributed by atoms with Gasteiger partial charge in [0.2, 0.25) is 15.9 Å². The number of hydrogen-bond donors (Lipinski definition) is 4. The van der Waals surface area contributed by atoms with E-state index in [-0.39, 0.29) is 36.3 Å². The number of benzene rings is 2. The minimum Gasteiger partial charge on any atom is -0.480 e. The summed E-state index contributed by atoms with van der Waals surface area (Å²) in [5.41, 5.74) is 11.7. The van der Waals surface area contributed by atoms with E-state index >= 15 is 0 Å². The van der Waals surface area contributed by atoms with Crippen LogP contribution in [-0.2, 0) is 19.6 Å². The molecule has 0 aromatic heterocycles. The summed E-state index contributed by atoms with van der Waals surface area (Å²) < 4.78 is 29.1. The first kappa shape index (κ1) is 26.4. The van der Waals surface area contributed by atoms with Crippen LogP contribution < -0.4 is 16.2 Å². The average Bonchev–Trinajstić information content (AvgIpc) is 2.79. The fourth-order valence-electron chi connectivity index (χ4n) is 4.34. The van der Waals surface area contributed by atoms with Crippen molar-refractivity contribution in [2.24, 2.45) is 22.4 Å². The number of nitrogens with two attached hydrogens (primary N) is 2. The zero-order valence-corrected chi connectivity index (χ0v) is 20.8. The van der Waals surface area contributed by atoms with Gasteiger partial charge in [-0.3, -0.25) is 9.79 Å². The van der Waals surface area contributed by atoms with Crippen LogP contribution in [0, 0.1) is 12.8 Å². The summed E-state index contributed by atoms with van der Waals surface area (Å²) in [4.78, 5) is 30.5. The Kier molecular flexibility index (Phi) is 8.34. The molecule has 1 aliphatic rings. The molecule has 0 aliphatic carbocycles. The van der Waals surface area contributed by atoms with Crippen LogP contribution in [0.3, 0.4) is 0 Å². The maximum absolute atomic E-state index is 13.5. The van der Waals surface area contributed by atoms with Crippen molar-refractivity contribution >= 4 is 38.6 Å². The van der Waals surface area contributed by atoms with Gasteiger partial charge in [0.25, 0.3) is 0 Å². The van der Waals surface area contributed by atoms with Crippen molar-refractivity contribution in [2.75, 3.05) is 13.1 Å². The highest BCUT2D eigenvalue weighted by Gasteiger charge is 2.38. The number of nitrogens with one attached hydrogen (secondary N) is 1. The first-order valence-corrected chi connectivity index (χ1v) is 13.1. The Morgan fingerprint density at radius 2 is 1.91 bits per heavy atom. The number of carboxylic acid groups (broad SMARTS) is 1. The van der Waals surface area contributed by atoms with Gasteiger partial charge in [0.1, 0.15) is 12.1 Å². The Morgan fingerprint density at radius 1 is 1.20 bits per heavy atom. The fraction of sp³-hybridized carbons (Fsp3) is 0.458. The number of carboxylic acids is 1. The van der Waals surface area contributed by atoms with E-state index in [1.165, 1.54) is 11.0 Å². The third kappa shape index (κ3) is 6.70. The van der Waals surface area contributed by atoms with Gasteiger partial charge in [-0.2, -0.15) is 4.72 Å². The monoisotopic (exact) mass is 503 g/mol. The third-order valence-corrected chi connectivity index (χ3v) is 7.72. The second-order valence-electron chi connectivity index (χ2n) is 9.15. The zero-order chi connectivity index (χ0) is 25.8. The van der Waals surface area contributed by atoms with Gasteiger partial charge in [0.15, 0.2) is 5.96 Å². The highest BCUT2D eigenvalue weighted by Crippen LogP contribution is 2.25. The van der Waals surface area contributed by atoms with Gasteiger partial charge in [-0.1, -0.05) is 36.8 Å². The summed E-state index contributed by atoms with van der Waals surface area (Å²) in [5.74, 6) is -1.61. The van der Waals surface area contributed by atoms with Crippen LogP contribution in [0.2, 0.25) is 0 Å². The number of carbonyl (C=O) groups is 2. The molecule has 1 saturated heterocycles. The number of likely N-dealkylation sites (tertiary alicyclic amines) is 1. The van der Waals surface area contributed by atoms with E-state index in [9.17, 15) is 23.1 Å². The van der Waals surface area contributed by atoms with E-state index in [4.69, 9.17) is 11.5 Å². The van der Waals surface area contributed by atoms with Crippen molar-refractivity contribution in [3.05, 3.63) is 42.0 Å². The molecule has 0 radical (unpaired) electrons. The maximum Gasteiger partial charge on any atom is 0.326 e. The SMILES string of the molecule is Cc1ccc2ccc(S(=O)(=O)NC(CCCN=C(N)N)C(=O)N3CCC(C)CC3C(=O)O)cc2c1. The second kappa shape index (κ2) is 11.0. The Bertz CT molecular complexity index is 1230. The standard InChI is InChI=1S/C24H33N5O5S/c1-15-5-6-17-7-8-19(14-18(17)12-15)35(33,34)28-20(4-3-10-27-24(25)26)22(30)29-11-9-16(2)13-21(29)23(31)32/h5-8,12,14,16,20-21,28H,3-4,9-11,13H2,1-2H3,(H,31,32)(H4,25,26,27). The van der Waals surface area contributed by atoms with E-state index in [1.807, 2.05) is 32.0 Å². The van der Waals surface area contributed by atoms with Gasteiger partial charge < -0.3 is 21.5 Å². The lowest BCUT2D eigenvalue weighted by Gasteiger charge is -2.38. The van der Waals surface area contributed by atoms with Gasteiger partial charge in [0, 0.05) is 13.1 Å². The van der Waals surface area contributed by atoms with Crippen molar-refractivity contribution in [3.63, 3.8) is 0 Å². The number of sulfonamides is 1. The number of aryl methyl sites for hydroxylation is 1. The topological polar surface area (TPSA) is 168 Å². The molecule has 1 aliphatic heterocycles. The molecule has 1 heterocycles. The number of guanidine groups is 1. The van der Waals surface area contributed by atoms with Crippen LogP contribution in [0.1, 0.15) is 38.2 Å². The lowest BCUT2D eigenvalue weighted by atomic mass is 9.91. The van der Waals surface area contributed by atoms with E-state index in [1.54, 1.807) is 12.1 Å². The number of amides is 1. The van der Waals surface area contributed by atoms with E-state index in [0.29, 0.717) is 19.3 Å². The highest BCUT2D eigenvalue weighted by atomic mass is 32.2. The first-order valence-electron chi connectivity index (χ1n) is 11.6. The molecule has 3 unspecified atom stereocenters. The summed E-state index contributed by atoms with van der Waals surface area (Å²) >= 11 is 0. The molecule has 35 heavy (non-hydrogen) atoms. The van der Waals surface area contributed by atoms with Gasteiger partial charge >= 0.3 is 5.97 Å². The molecule has 2 aromatic carbocycles. The summed E-state index contributed by atoms with van der Waals surface area (Å²) in [6.07, 6.45) is 1.40. The van der Waals surface area contributed by atoms with E-state index in [2.05, 4.69) is 9.71 Å². The van der Waals surface area contributed by atoms with Crippen LogP contribution in [0.5, 0.6) is 0 Å². The number of nitrogens with zero attached hydrogens (tertiary/aromatic N) is 2. The number of fused-ring (bicyclic) bond motifs is 1. The Balaban J connectivity index is 1.88. The van der Waals surface area contributed by atoms with Crippen LogP contribution in [0.15, 0.2) is 46.3 Å². The Morgan fingerprint density at radius 3 is 2.60 bits per heavy atom. The molecule has 10 nitrogen and oxygen atoms in total. The van der Waals surface area contributed by atoms with Crippen molar-refractivity contribution < 1.29 is 23.1 Å². The number of rotatable bonds is 9. The van der Waals surface area contributed by atoms with Crippen molar-refractivity contribution in [1.29, 1.82) is 0 Å². The molecular formula is C24H33N5O5S. The molecule has 1 fully saturated rings. The summed E-state index contributed by atoms with van der Waals surface area (Å²) in [6, 6.07) is 8.35. The lowest BCUT2D eigenvalue weighted by molar-refractivity contribution is -0.153. The van der Waals surface area contributed by atoms with Crippen LogP contribution in [0.4, 0.5) is 0 Å². The molecule has 3 atom stereocenters. The highest BCUT2D eigenvalue weighted by molar-refractivity contribution is 7.89. The molecule has 1 amide bonds. The number of carbonyl (C=O) groups excluding carboxylic acids is 1. The minimum atomic E-state index is -4.08. The summed E-state index contributed by atoms with van der Waals surface area (Å²) in [7, 11) is -4.08. The van der Waals surface area contributed by atoms with Gasteiger partial charge in [-0.15, -0.1) is 0 Å². The molecule has 0 bridgehead atoms. The smallest absolute Gasteiger partial charge is 0.326 e. The van der Waals surface area contributed by atoms with Crippen LogP contribution in [-0.4, -0.2) is 61.4 Å². The molecule has 3 rings (SSSR count). The zero-order valence-electron chi connectivity index (χ0n) is 20.0. The van der Waals surface area contributed by atoms with Crippen LogP contribution >= 0.6 is 0 Å². The van der Waals surface area contributed by atoms with E-state index < -0.39 is 34.0 Å². The lowest BCUT2D eigenvalue weighted by Crippen LogP contribution is -2.56. The third-order valence-electron chi connectivity index (χ3n) is 6.25. The van der Waals surface area contributed by atoms with E-state index in [0.717, 1.165) is 16.3 Å². The van der Waals surface area contributed by atoms with Crippen LogP contribution in [0.25, 0.3) is 10.8 Å². The normalized spacial score (nSPS) is 19.3. The first-order chi connectivity index (χ1) is 16.5. The predicted molar refractivity (Wildman–Crippen MR) is 134 cm³/mol. The van der Waals surface area contributed by atoms with Crippen molar-refractivity contribution in [3.8, 4) is 0 Å². The molecule has 0 spiro atoms. The average molecular weight is 504 g/mol. The van der Waals surface area contributed by atoms with Gasteiger partial charge in [-0.25, -0.2) is 13.2 Å². The molecule has 2 aromatic rings. The Labute approximate surface area is 205 Å². The molecule has 6 N–H and O–H groups in total. The minimum absolute atomic E-state index is 0.0275. The number of piperidine rings is 1. The van der Waals surface area contributed by atoms with Gasteiger partial charge in [-0.05, 0) is 61.4 Å². The number of hydrogen-bond acceptors (Lipinski definition) is 5. The Hall–Kier alpha value is -3.18. The van der Waals surface area contributed by atoms with Crippen molar-refractivity contribution in [2.45, 2.75) is 56.5 Å². The van der Waals surface area contributed by atoms with Gasteiger partial charge in [0.05, 0.1) is 4.90 Å². The molecule has 0 saturated carbocycles. The summed E-state index contributed by atoms with van der Waals surface area (Å²) in [6.45, 7) is 4.32. The fourth-order valence-corrected chi connectivity index (χ4v) is 5.60. The second-order valence-corrected chi connectivity index (χ2v) is 10.9. The molecular weight excluding hydrogens is 470 g/mol. The largest absolute Gasteiger partial charge is 0.480 e. The number of aliphatic imine (C=N–C) groups is 1. The number of aliphatic carboxylic acids is 1.